The SMILES string of the molecule is CC(C)(C)c1ccc(-n2c(-c3c(O)ccc4c3oc3ccc(-c5ccccc5)cc34)nc3c(-c4cccc(-c5ccccc5O)n4)cccc32)c(-c2ccccc2)c1.[Pt]. The Labute approximate surface area is 356 Å². The zero-order chi connectivity index (χ0) is 39.5. The van der Waals surface area contributed by atoms with E-state index in [0.29, 0.717) is 39.4 Å². The molecule has 290 valence electrons. The summed E-state index contributed by atoms with van der Waals surface area (Å²) >= 11 is 0. The van der Waals surface area contributed by atoms with Crippen molar-refractivity contribution in [3.63, 3.8) is 0 Å². The molecule has 0 fully saturated rings. The zero-order valence-corrected chi connectivity index (χ0v) is 34.9. The first kappa shape index (κ1) is 37.8. The normalized spacial score (nSPS) is 11.6. The second-order valence-corrected chi connectivity index (χ2v) is 15.7. The topological polar surface area (TPSA) is 84.3 Å². The van der Waals surface area contributed by atoms with Crippen LogP contribution in [-0.2, 0) is 26.5 Å². The number of hydrogen-bond acceptors (Lipinski definition) is 5. The quantitative estimate of drug-likeness (QED) is 0.173. The van der Waals surface area contributed by atoms with E-state index in [0.717, 1.165) is 55.4 Å². The van der Waals surface area contributed by atoms with Gasteiger partial charge in [-0.3, -0.25) is 4.57 Å². The number of rotatable bonds is 6. The molecule has 7 heteroatoms. The Kier molecular flexibility index (Phi) is 9.54. The standard InChI is InChI=1S/C52H39N3O3.Pt/c1-52(2,3)35-25-27-43(39(31-35)33-16-8-5-9-17-33)55-44-22-12-19-38(42-21-13-20-41(53-42)37-18-10-11-23-45(37)56)49(44)54-51(55)48-46(57)28-26-36-40-30-34(32-14-6-4-7-15-32)24-29-47(40)58-50(36)48;/h4-31,56-57H,1-3H3;. The number of fused-ring (bicyclic) bond motifs is 4. The average Bonchev–Trinajstić information content (AvgIpc) is 3.82. The molecular weight excluding hydrogens is 910 g/mol. The van der Waals surface area contributed by atoms with Gasteiger partial charge in [0.05, 0.1) is 28.1 Å². The molecule has 0 atom stereocenters. The van der Waals surface area contributed by atoms with Gasteiger partial charge < -0.3 is 14.6 Å². The number of benzene rings is 7. The van der Waals surface area contributed by atoms with Gasteiger partial charge in [-0.15, -0.1) is 0 Å². The van der Waals surface area contributed by atoms with E-state index in [2.05, 4.69) is 98.1 Å². The first-order chi connectivity index (χ1) is 28.2. The summed E-state index contributed by atoms with van der Waals surface area (Å²) in [6.45, 7) is 6.67. The summed E-state index contributed by atoms with van der Waals surface area (Å²) in [6, 6.07) is 56.4. The molecule has 6 nitrogen and oxygen atoms in total. The minimum atomic E-state index is -0.102. The second-order valence-electron chi connectivity index (χ2n) is 15.7. The third kappa shape index (κ3) is 6.60. The number of imidazole rings is 1. The van der Waals surface area contributed by atoms with Crippen molar-refractivity contribution in [2.24, 2.45) is 0 Å². The zero-order valence-electron chi connectivity index (χ0n) is 32.6. The molecule has 59 heavy (non-hydrogen) atoms. The molecule has 0 amide bonds. The van der Waals surface area contributed by atoms with Crippen molar-refractivity contribution in [2.45, 2.75) is 26.2 Å². The fourth-order valence-corrected chi connectivity index (χ4v) is 8.05. The van der Waals surface area contributed by atoms with Crippen LogP contribution in [0.1, 0.15) is 26.3 Å². The van der Waals surface area contributed by atoms with Crippen LogP contribution in [0.25, 0.3) is 94.8 Å². The van der Waals surface area contributed by atoms with E-state index >= 15 is 0 Å². The summed E-state index contributed by atoms with van der Waals surface area (Å²) in [5, 5.41) is 24.5. The van der Waals surface area contributed by atoms with Crippen LogP contribution in [0.15, 0.2) is 174 Å². The van der Waals surface area contributed by atoms with Gasteiger partial charge in [0.2, 0.25) is 0 Å². The van der Waals surface area contributed by atoms with Crippen molar-refractivity contribution in [3.8, 4) is 73.3 Å². The molecule has 0 bridgehead atoms. The van der Waals surface area contributed by atoms with Crippen LogP contribution in [-0.4, -0.2) is 24.7 Å². The molecule has 0 radical (unpaired) electrons. The molecule has 7 aromatic carbocycles. The second kappa shape index (κ2) is 14.9. The summed E-state index contributed by atoms with van der Waals surface area (Å²) in [4.78, 5) is 10.5. The van der Waals surface area contributed by atoms with Crippen molar-refractivity contribution < 1.29 is 35.7 Å². The van der Waals surface area contributed by atoms with Crippen molar-refractivity contribution in [3.05, 3.63) is 175 Å². The van der Waals surface area contributed by atoms with Crippen molar-refractivity contribution in [2.75, 3.05) is 0 Å². The molecular formula is C52H39N3O3Pt. The molecule has 0 unspecified atom stereocenters. The smallest absolute Gasteiger partial charge is 0.153 e. The van der Waals surface area contributed by atoms with Gasteiger partial charge in [0.1, 0.15) is 28.2 Å². The number of aromatic nitrogens is 3. The third-order valence-corrected chi connectivity index (χ3v) is 11.0. The number of furan rings is 1. The van der Waals surface area contributed by atoms with Crippen LogP contribution in [0.2, 0.25) is 0 Å². The average molecular weight is 949 g/mol. The predicted molar refractivity (Wildman–Crippen MR) is 235 cm³/mol. The fraction of sp³-hybridized carbons (Fsp3) is 0.0769. The van der Waals surface area contributed by atoms with Crippen LogP contribution >= 0.6 is 0 Å². The molecule has 0 aliphatic heterocycles. The Morgan fingerprint density at radius 1 is 0.525 bits per heavy atom. The van der Waals surface area contributed by atoms with Gasteiger partial charge >= 0.3 is 0 Å². The largest absolute Gasteiger partial charge is 0.507 e. The summed E-state index contributed by atoms with van der Waals surface area (Å²) in [5.74, 6) is 0.750. The Morgan fingerprint density at radius 2 is 1.20 bits per heavy atom. The number of hydrogen-bond donors (Lipinski definition) is 2. The first-order valence-corrected chi connectivity index (χ1v) is 19.4. The van der Waals surface area contributed by atoms with Crippen LogP contribution in [0.4, 0.5) is 0 Å². The van der Waals surface area contributed by atoms with E-state index in [1.165, 1.54) is 5.56 Å². The van der Waals surface area contributed by atoms with Crippen molar-refractivity contribution in [1.82, 2.24) is 14.5 Å². The third-order valence-electron chi connectivity index (χ3n) is 11.0. The molecule has 0 saturated heterocycles. The molecule has 3 aromatic heterocycles. The molecule has 10 rings (SSSR count). The van der Waals surface area contributed by atoms with Crippen LogP contribution < -0.4 is 0 Å². The number of phenolic OH excluding ortho intramolecular Hbond substituents is 2. The van der Waals surface area contributed by atoms with Gasteiger partial charge in [0.15, 0.2) is 5.82 Å². The number of aromatic hydroxyl groups is 2. The summed E-state index contributed by atoms with van der Waals surface area (Å²) in [7, 11) is 0. The van der Waals surface area contributed by atoms with Crippen molar-refractivity contribution >= 4 is 33.0 Å². The molecule has 0 saturated carbocycles. The maximum atomic E-state index is 12.0. The number of nitrogens with zero attached hydrogens (tertiary/aromatic N) is 3. The maximum absolute atomic E-state index is 12.0. The van der Waals surface area contributed by atoms with E-state index in [9.17, 15) is 10.2 Å². The summed E-state index contributed by atoms with van der Waals surface area (Å²) < 4.78 is 8.87. The van der Waals surface area contributed by atoms with Gasteiger partial charge in [-0.25, -0.2) is 9.97 Å². The van der Waals surface area contributed by atoms with Gasteiger partial charge in [0, 0.05) is 48.5 Å². The van der Waals surface area contributed by atoms with Crippen molar-refractivity contribution in [1.29, 1.82) is 0 Å². The van der Waals surface area contributed by atoms with Gasteiger partial charge in [-0.05, 0) is 94.4 Å². The van der Waals surface area contributed by atoms with Crippen LogP contribution in [0.5, 0.6) is 11.5 Å². The summed E-state index contributed by atoms with van der Waals surface area (Å²) in [5.41, 5.74) is 12.4. The molecule has 2 N–H and O–H groups in total. The monoisotopic (exact) mass is 948 g/mol. The first-order valence-electron chi connectivity index (χ1n) is 19.4. The summed E-state index contributed by atoms with van der Waals surface area (Å²) in [6.07, 6.45) is 0. The van der Waals surface area contributed by atoms with Gasteiger partial charge in [-0.1, -0.05) is 124 Å². The van der Waals surface area contributed by atoms with Crippen LogP contribution in [0, 0.1) is 0 Å². The molecule has 3 heterocycles. The number of para-hydroxylation sites is 2. The van der Waals surface area contributed by atoms with Gasteiger partial charge in [0.25, 0.3) is 0 Å². The fourth-order valence-electron chi connectivity index (χ4n) is 8.05. The van der Waals surface area contributed by atoms with E-state index in [-0.39, 0.29) is 38.0 Å². The minimum Gasteiger partial charge on any atom is -0.507 e. The Bertz CT molecular complexity index is 3180. The van der Waals surface area contributed by atoms with Gasteiger partial charge in [-0.2, -0.15) is 0 Å². The molecule has 0 aliphatic rings. The Hall–Kier alpha value is -6.75. The molecule has 0 aliphatic carbocycles. The van der Waals surface area contributed by atoms with E-state index in [1.807, 2.05) is 78.9 Å². The minimum absolute atomic E-state index is 0. The predicted octanol–water partition coefficient (Wildman–Crippen LogP) is 13.4. The van der Waals surface area contributed by atoms with Crippen LogP contribution in [0.3, 0.4) is 0 Å². The maximum Gasteiger partial charge on any atom is 0.153 e. The Balaban J connectivity index is 0.00000449. The van der Waals surface area contributed by atoms with E-state index in [1.54, 1.807) is 18.2 Å². The van der Waals surface area contributed by atoms with E-state index < -0.39 is 0 Å². The Morgan fingerprint density at radius 3 is 1.95 bits per heavy atom. The number of pyridine rings is 1. The van der Waals surface area contributed by atoms with E-state index in [4.69, 9.17) is 14.4 Å². The molecule has 0 spiro atoms. The number of phenols is 2. The molecule has 10 aromatic rings.